The standard InChI is InChI=1S/C24H28N4O3S/c1-27(2)24(29)22-16-20-12-13-21(26-32(3,30)31)23(28(20)25-22)15-17-8-7-11-19(14-17)18-9-5-4-6-10-18/h4-11,14,16,21,23,26H,12-13,15H2,1-3H3/t21-,23-/m0/s1. The van der Waals surface area contributed by atoms with Crippen molar-refractivity contribution in [2.75, 3.05) is 20.4 Å². The Kier molecular flexibility index (Phi) is 6.17. The number of fused-ring (bicyclic) bond motifs is 1. The average molecular weight is 453 g/mol. The zero-order chi connectivity index (χ0) is 22.9. The maximum absolute atomic E-state index is 12.5. The van der Waals surface area contributed by atoms with Crippen molar-refractivity contribution in [1.82, 2.24) is 19.4 Å². The Morgan fingerprint density at radius 3 is 2.50 bits per heavy atom. The summed E-state index contributed by atoms with van der Waals surface area (Å²) < 4.78 is 28.7. The van der Waals surface area contributed by atoms with Crippen molar-refractivity contribution >= 4 is 15.9 Å². The van der Waals surface area contributed by atoms with Gasteiger partial charge in [0.1, 0.15) is 0 Å². The van der Waals surface area contributed by atoms with E-state index >= 15 is 0 Å². The Bertz CT molecular complexity index is 1220. The van der Waals surface area contributed by atoms with Gasteiger partial charge in [0.25, 0.3) is 5.91 Å². The molecule has 2 heterocycles. The number of nitrogens with zero attached hydrogens (tertiary/aromatic N) is 3. The van der Waals surface area contributed by atoms with Gasteiger partial charge in [0.2, 0.25) is 10.0 Å². The van der Waals surface area contributed by atoms with Gasteiger partial charge in [0.05, 0.1) is 12.3 Å². The lowest BCUT2D eigenvalue weighted by molar-refractivity contribution is 0.0820. The zero-order valence-electron chi connectivity index (χ0n) is 18.5. The Hall–Kier alpha value is -2.97. The molecule has 1 aromatic heterocycles. The summed E-state index contributed by atoms with van der Waals surface area (Å²) in [4.78, 5) is 14.0. The monoisotopic (exact) mass is 452 g/mol. The maximum atomic E-state index is 12.5. The predicted molar refractivity (Wildman–Crippen MR) is 125 cm³/mol. The van der Waals surface area contributed by atoms with Gasteiger partial charge in [-0.3, -0.25) is 9.48 Å². The summed E-state index contributed by atoms with van der Waals surface area (Å²) in [5, 5.41) is 4.60. The first kappa shape index (κ1) is 22.2. The van der Waals surface area contributed by atoms with Gasteiger partial charge < -0.3 is 4.90 Å². The van der Waals surface area contributed by atoms with Crippen molar-refractivity contribution in [3.05, 3.63) is 77.6 Å². The molecule has 0 bridgehead atoms. The van der Waals surface area contributed by atoms with E-state index in [1.807, 2.05) is 41.1 Å². The maximum Gasteiger partial charge on any atom is 0.273 e. The molecular formula is C24H28N4O3S. The van der Waals surface area contributed by atoms with Crippen molar-refractivity contribution in [1.29, 1.82) is 0 Å². The van der Waals surface area contributed by atoms with Gasteiger partial charge in [-0.2, -0.15) is 5.10 Å². The van der Waals surface area contributed by atoms with Crippen LogP contribution < -0.4 is 4.72 Å². The number of sulfonamides is 1. The van der Waals surface area contributed by atoms with Gasteiger partial charge in [-0.1, -0.05) is 54.6 Å². The van der Waals surface area contributed by atoms with Crippen LogP contribution in [0.1, 0.15) is 34.2 Å². The molecule has 0 spiro atoms. The second kappa shape index (κ2) is 8.88. The predicted octanol–water partition coefficient (Wildman–Crippen LogP) is 2.90. The number of hydrogen-bond acceptors (Lipinski definition) is 4. The minimum Gasteiger partial charge on any atom is -0.343 e. The number of benzene rings is 2. The summed E-state index contributed by atoms with van der Waals surface area (Å²) in [7, 11) is -0.000508. The summed E-state index contributed by atoms with van der Waals surface area (Å²) in [5.41, 5.74) is 4.65. The molecule has 3 aromatic rings. The second-order valence-corrected chi connectivity index (χ2v) is 10.3. The first-order chi connectivity index (χ1) is 15.2. The number of hydrogen-bond donors (Lipinski definition) is 1. The van der Waals surface area contributed by atoms with Crippen LogP contribution in [0.25, 0.3) is 11.1 Å². The molecule has 1 amide bonds. The molecule has 168 valence electrons. The van der Waals surface area contributed by atoms with Crippen LogP contribution >= 0.6 is 0 Å². The highest BCUT2D eigenvalue weighted by Crippen LogP contribution is 2.30. The van der Waals surface area contributed by atoms with E-state index < -0.39 is 10.0 Å². The SMILES string of the molecule is CN(C)C(=O)c1cc2n(n1)[C@@H](Cc1cccc(-c3ccccc3)c1)[C@@H](NS(C)(=O)=O)CC2. The number of rotatable bonds is 6. The highest BCUT2D eigenvalue weighted by molar-refractivity contribution is 7.88. The van der Waals surface area contributed by atoms with Gasteiger partial charge in [0, 0.05) is 25.8 Å². The summed E-state index contributed by atoms with van der Waals surface area (Å²) >= 11 is 0. The van der Waals surface area contributed by atoms with Crippen LogP contribution in [0.15, 0.2) is 60.7 Å². The quantitative estimate of drug-likeness (QED) is 0.623. The molecule has 1 aliphatic rings. The van der Waals surface area contributed by atoms with Crippen molar-refractivity contribution in [3.63, 3.8) is 0 Å². The van der Waals surface area contributed by atoms with Crippen molar-refractivity contribution in [2.24, 2.45) is 0 Å². The molecule has 0 saturated heterocycles. The number of amides is 1. The Balaban J connectivity index is 1.70. The van der Waals surface area contributed by atoms with Gasteiger partial charge >= 0.3 is 0 Å². The fraction of sp³-hybridized carbons (Fsp3) is 0.333. The van der Waals surface area contributed by atoms with E-state index in [2.05, 4.69) is 34.1 Å². The summed E-state index contributed by atoms with van der Waals surface area (Å²) in [6.07, 6.45) is 3.08. The van der Waals surface area contributed by atoms with Crippen LogP contribution in [-0.2, 0) is 22.9 Å². The lowest BCUT2D eigenvalue weighted by atomic mass is 9.91. The van der Waals surface area contributed by atoms with Crippen molar-refractivity contribution < 1.29 is 13.2 Å². The van der Waals surface area contributed by atoms with E-state index in [0.717, 1.165) is 22.4 Å². The molecule has 0 saturated carbocycles. The van der Waals surface area contributed by atoms with E-state index in [1.54, 1.807) is 14.1 Å². The molecule has 0 radical (unpaired) electrons. The molecular weight excluding hydrogens is 424 g/mol. The largest absolute Gasteiger partial charge is 0.343 e. The van der Waals surface area contributed by atoms with Gasteiger partial charge in [-0.15, -0.1) is 0 Å². The minimum absolute atomic E-state index is 0.163. The van der Waals surface area contributed by atoms with Crippen LogP contribution in [0.3, 0.4) is 0 Å². The highest BCUT2D eigenvalue weighted by atomic mass is 32.2. The summed E-state index contributed by atoms with van der Waals surface area (Å²) in [6.45, 7) is 0. The molecule has 0 aliphatic carbocycles. The molecule has 1 N–H and O–H groups in total. The van der Waals surface area contributed by atoms with Crippen LogP contribution in [0.5, 0.6) is 0 Å². The fourth-order valence-corrected chi connectivity index (χ4v) is 5.12. The molecule has 2 aromatic carbocycles. The average Bonchev–Trinajstić information content (AvgIpc) is 3.19. The number of carbonyl (C=O) groups excluding carboxylic acids is 1. The van der Waals surface area contributed by atoms with Gasteiger partial charge in [-0.25, -0.2) is 13.1 Å². The van der Waals surface area contributed by atoms with Crippen LogP contribution in [-0.4, -0.2) is 55.4 Å². The topological polar surface area (TPSA) is 84.3 Å². The molecule has 8 heteroatoms. The van der Waals surface area contributed by atoms with Gasteiger partial charge in [-0.05, 0) is 42.0 Å². The lowest BCUT2D eigenvalue weighted by Crippen LogP contribution is -2.45. The highest BCUT2D eigenvalue weighted by Gasteiger charge is 2.33. The lowest BCUT2D eigenvalue weighted by Gasteiger charge is -2.33. The molecule has 0 unspecified atom stereocenters. The Labute approximate surface area is 189 Å². The summed E-state index contributed by atoms with van der Waals surface area (Å²) in [6, 6.07) is 19.7. The van der Waals surface area contributed by atoms with Crippen molar-refractivity contribution in [3.8, 4) is 11.1 Å². The first-order valence-corrected chi connectivity index (χ1v) is 12.5. The zero-order valence-corrected chi connectivity index (χ0v) is 19.3. The third-order valence-corrected chi connectivity index (χ3v) is 6.50. The van der Waals surface area contributed by atoms with E-state index in [4.69, 9.17) is 0 Å². The molecule has 1 aliphatic heterocycles. The van der Waals surface area contributed by atoms with Crippen LogP contribution in [0.4, 0.5) is 0 Å². The fourth-order valence-electron chi connectivity index (χ4n) is 4.30. The van der Waals surface area contributed by atoms with Crippen LogP contribution in [0.2, 0.25) is 0 Å². The van der Waals surface area contributed by atoms with E-state index in [0.29, 0.717) is 25.0 Å². The molecule has 32 heavy (non-hydrogen) atoms. The Morgan fingerprint density at radius 1 is 1.09 bits per heavy atom. The third kappa shape index (κ3) is 4.92. The first-order valence-electron chi connectivity index (χ1n) is 10.6. The van der Waals surface area contributed by atoms with Crippen LogP contribution in [0, 0.1) is 0 Å². The Morgan fingerprint density at radius 2 is 1.81 bits per heavy atom. The van der Waals surface area contributed by atoms with E-state index in [-0.39, 0.29) is 18.0 Å². The second-order valence-electron chi connectivity index (χ2n) is 8.54. The van der Waals surface area contributed by atoms with Gasteiger partial charge in [0.15, 0.2) is 5.69 Å². The van der Waals surface area contributed by atoms with Crippen molar-refractivity contribution in [2.45, 2.75) is 31.3 Å². The number of nitrogens with one attached hydrogen (secondary N) is 1. The smallest absolute Gasteiger partial charge is 0.273 e. The molecule has 4 rings (SSSR count). The minimum atomic E-state index is -3.39. The normalized spacial score (nSPS) is 18.2. The molecule has 7 nitrogen and oxygen atoms in total. The number of aromatic nitrogens is 2. The number of carbonyl (C=O) groups is 1. The van der Waals surface area contributed by atoms with E-state index in [1.165, 1.54) is 11.2 Å². The third-order valence-electron chi connectivity index (χ3n) is 5.77. The number of aryl methyl sites for hydroxylation is 1. The van der Waals surface area contributed by atoms with E-state index in [9.17, 15) is 13.2 Å². The molecule has 2 atom stereocenters. The molecule has 0 fully saturated rings. The summed E-state index contributed by atoms with van der Waals surface area (Å²) in [5.74, 6) is -0.163.